The second-order valence-corrected chi connectivity index (χ2v) is 5.04. The van der Waals surface area contributed by atoms with Crippen molar-refractivity contribution in [2.75, 3.05) is 33.2 Å². The molecule has 9 heteroatoms. The van der Waals surface area contributed by atoms with Crippen LogP contribution in [0.25, 0.3) is 11.2 Å². The highest BCUT2D eigenvalue weighted by Gasteiger charge is 2.50. The first-order chi connectivity index (χ1) is 10.6. The van der Waals surface area contributed by atoms with Crippen molar-refractivity contribution in [1.82, 2.24) is 19.5 Å². The maximum Gasteiger partial charge on any atom is 0.298 e. The maximum absolute atomic E-state index is 15.3. The molecule has 3 heterocycles. The van der Waals surface area contributed by atoms with Crippen LogP contribution < -0.4 is 5.32 Å². The highest BCUT2D eigenvalue weighted by molar-refractivity contribution is 5.82. The molecule has 0 amide bonds. The molecule has 0 saturated carbocycles. The quantitative estimate of drug-likeness (QED) is 0.878. The second kappa shape index (κ2) is 5.75. The van der Waals surface area contributed by atoms with Gasteiger partial charge in [0, 0.05) is 21.3 Å². The number of nitrogens with zero attached hydrogens (tertiary/aromatic N) is 4. The maximum atomic E-state index is 15.3. The number of hydrogen-bond donors (Lipinski definition) is 1. The lowest BCUT2D eigenvalue weighted by Gasteiger charge is -2.21. The molecule has 3 atom stereocenters. The van der Waals surface area contributed by atoms with E-state index in [9.17, 15) is 0 Å². The van der Waals surface area contributed by atoms with Crippen molar-refractivity contribution < 1.29 is 18.6 Å². The van der Waals surface area contributed by atoms with Crippen molar-refractivity contribution in [3.05, 3.63) is 12.7 Å². The molecular weight excluding hydrogens is 293 g/mol. The summed E-state index contributed by atoms with van der Waals surface area (Å²) in [6.45, 7) is 0.244. The Morgan fingerprint density at radius 1 is 1.45 bits per heavy atom. The van der Waals surface area contributed by atoms with Gasteiger partial charge in [0.2, 0.25) is 0 Å². The lowest BCUT2D eigenvalue weighted by Crippen LogP contribution is -2.30. The number of fused-ring (bicyclic) bond motifs is 1. The molecule has 0 spiro atoms. The third kappa shape index (κ3) is 2.31. The first-order valence-corrected chi connectivity index (χ1v) is 6.87. The van der Waals surface area contributed by atoms with E-state index in [4.69, 9.17) is 14.2 Å². The summed E-state index contributed by atoms with van der Waals surface area (Å²) in [5, 5.41) is 2.90. The van der Waals surface area contributed by atoms with Gasteiger partial charge in [-0.15, -0.1) is 0 Å². The highest BCUT2D eigenvalue weighted by atomic mass is 19.2. The molecule has 1 unspecified atom stereocenters. The molecule has 2 aromatic rings. The van der Waals surface area contributed by atoms with Crippen LogP contribution >= 0.6 is 0 Å². The average molecular weight is 311 g/mol. The van der Waals surface area contributed by atoms with Crippen molar-refractivity contribution in [1.29, 1.82) is 0 Å². The first kappa shape index (κ1) is 15.1. The van der Waals surface area contributed by atoms with Gasteiger partial charge in [-0.2, -0.15) is 4.39 Å². The number of alkyl halides is 1. The zero-order valence-electron chi connectivity index (χ0n) is 12.6. The van der Waals surface area contributed by atoms with Crippen LogP contribution in [-0.2, 0) is 20.2 Å². The summed E-state index contributed by atoms with van der Waals surface area (Å²) >= 11 is 0. The number of nitrogens with one attached hydrogen (secondary N) is 1. The fourth-order valence-electron chi connectivity index (χ4n) is 2.69. The predicted octanol–water partition coefficient (Wildman–Crippen LogP) is 0.898. The third-order valence-corrected chi connectivity index (χ3v) is 3.76. The molecule has 1 aliphatic heterocycles. The topological polar surface area (TPSA) is 83.3 Å². The van der Waals surface area contributed by atoms with Crippen LogP contribution in [0.3, 0.4) is 0 Å². The van der Waals surface area contributed by atoms with Crippen molar-refractivity contribution in [2.24, 2.45) is 0 Å². The molecule has 1 fully saturated rings. The van der Waals surface area contributed by atoms with Gasteiger partial charge in [-0.25, -0.2) is 15.0 Å². The fourth-order valence-corrected chi connectivity index (χ4v) is 2.69. The largest absolute Gasteiger partial charge is 0.382 e. The minimum Gasteiger partial charge on any atom is -0.382 e. The zero-order valence-corrected chi connectivity index (χ0v) is 12.6. The molecule has 22 heavy (non-hydrogen) atoms. The third-order valence-electron chi connectivity index (χ3n) is 3.76. The van der Waals surface area contributed by atoms with Crippen LogP contribution in [0.2, 0.25) is 0 Å². The van der Waals surface area contributed by atoms with E-state index in [2.05, 4.69) is 20.3 Å². The van der Waals surface area contributed by atoms with E-state index >= 15 is 4.39 Å². The number of halogens is 1. The molecule has 1 N–H and O–H groups in total. The van der Waals surface area contributed by atoms with Crippen LogP contribution in [0.5, 0.6) is 0 Å². The smallest absolute Gasteiger partial charge is 0.298 e. The number of ether oxygens (including phenoxy) is 3. The van der Waals surface area contributed by atoms with Crippen molar-refractivity contribution in [3.8, 4) is 0 Å². The molecule has 0 bridgehead atoms. The number of rotatable bonds is 5. The van der Waals surface area contributed by atoms with E-state index in [-0.39, 0.29) is 13.0 Å². The molecule has 8 nitrogen and oxygen atoms in total. The zero-order chi connectivity index (χ0) is 15.7. The molecule has 0 aromatic carbocycles. The van der Waals surface area contributed by atoms with Crippen LogP contribution in [0.15, 0.2) is 12.7 Å². The summed E-state index contributed by atoms with van der Waals surface area (Å²) in [5.74, 6) is -1.56. The monoisotopic (exact) mass is 311 g/mol. The Bertz CT molecular complexity index is 666. The molecule has 2 aromatic heterocycles. The Morgan fingerprint density at radius 3 is 2.95 bits per heavy atom. The van der Waals surface area contributed by atoms with Gasteiger partial charge in [-0.1, -0.05) is 0 Å². The summed E-state index contributed by atoms with van der Waals surface area (Å²) in [6.07, 6.45) is 1.84. The Labute approximate surface area is 126 Å². The van der Waals surface area contributed by atoms with E-state index in [1.807, 2.05) is 0 Å². The second-order valence-electron chi connectivity index (χ2n) is 5.04. The highest BCUT2D eigenvalue weighted by Crippen LogP contribution is 2.39. The molecule has 0 aliphatic carbocycles. The SMILES string of the molecule is CNc1ncnc2c1ncn2[C@@]1(F)CC(OC)[C@@H](COC)O1. The van der Waals surface area contributed by atoms with Gasteiger partial charge in [0.05, 0.1) is 19.1 Å². The number of aromatic nitrogens is 4. The van der Waals surface area contributed by atoms with Gasteiger partial charge in [-0.3, -0.25) is 4.57 Å². The lowest BCUT2D eigenvalue weighted by atomic mass is 10.2. The number of methoxy groups -OCH3 is 2. The van der Waals surface area contributed by atoms with E-state index in [0.29, 0.717) is 17.0 Å². The molecule has 1 aliphatic rings. The molecule has 1 saturated heterocycles. The predicted molar refractivity (Wildman–Crippen MR) is 76.1 cm³/mol. The van der Waals surface area contributed by atoms with Gasteiger partial charge in [0.15, 0.2) is 17.0 Å². The van der Waals surface area contributed by atoms with Crippen molar-refractivity contribution in [3.63, 3.8) is 0 Å². The molecule has 120 valence electrons. The minimum absolute atomic E-state index is 0.0296. The van der Waals surface area contributed by atoms with Crippen LogP contribution in [-0.4, -0.2) is 59.6 Å². The first-order valence-electron chi connectivity index (χ1n) is 6.87. The average Bonchev–Trinajstić information content (AvgIpc) is 3.09. The summed E-state index contributed by atoms with van der Waals surface area (Å²) < 4.78 is 32.5. The minimum atomic E-state index is -2.09. The number of anilines is 1. The van der Waals surface area contributed by atoms with E-state index in [1.54, 1.807) is 7.05 Å². The van der Waals surface area contributed by atoms with Gasteiger partial charge in [0.1, 0.15) is 18.8 Å². The van der Waals surface area contributed by atoms with Crippen molar-refractivity contribution >= 4 is 17.0 Å². The fraction of sp³-hybridized carbons (Fsp3) is 0.615. The summed E-state index contributed by atoms with van der Waals surface area (Å²) in [7, 11) is 4.77. The van der Waals surface area contributed by atoms with Crippen LogP contribution in [0, 0.1) is 0 Å². The van der Waals surface area contributed by atoms with Gasteiger partial charge in [0.25, 0.3) is 5.98 Å². The number of imidazole rings is 1. The Balaban J connectivity index is 2.00. The Morgan fingerprint density at radius 2 is 2.27 bits per heavy atom. The standard InChI is InChI=1S/C13H18FN5O3/c1-15-11-10-12(17-6-16-11)19(7-18-10)13(14)4-8(21-3)9(22-13)5-20-2/h6-9H,4-5H2,1-3H3,(H,15,16,17)/t8?,9-,13+/m1/s1. The van der Waals surface area contributed by atoms with Crippen LogP contribution in [0.1, 0.15) is 6.42 Å². The summed E-state index contributed by atoms with van der Waals surface area (Å²) in [4.78, 5) is 12.4. The lowest BCUT2D eigenvalue weighted by molar-refractivity contribution is -0.202. The molecule has 0 radical (unpaired) electrons. The summed E-state index contributed by atoms with van der Waals surface area (Å²) in [5.41, 5.74) is 0.838. The van der Waals surface area contributed by atoms with E-state index in [1.165, 1.54) is 31.4 Å². The normalized spacial score (nSPS) is 28.4. The van der Waals surface area contributed by atoms with Crippen LogP contribution in [0.4, 0.5) is 10.2 Å². The molecular formula is C13H18FN5O3. The summed E-state index contributed by atoms with van der Waals surface area (Å²) in [6, 6.07) is 0. The van der Waals surface area contributed by atoms with E-state index in [0.717, 1.165) is 0 Å². The van der Waals surface area contributed by atoms with Crippen molar-refractivity contribution in [2.45, 2.75) is 24.6 Å². The van der Waals surface area contributed by atoms with E-state index < -0.39 is 18.2 Å². The molecule has 3 rings (SSSR count). The number of hydrogen-bond acceptors (Lipinski definition) is 7. The Kier molecular flexibility index (Phi) is 3.94. The van der Waals surface area contributed by atoms with Gasteiger partial charge < -0.3 is 19.5 Å². The Hall–Kier alpha value is -1.84. The van der Waals surface area contributed by atoms with Gasteiger partial charge >= 0.3 is 0 Å². The van der Waals surface area contributed by atoms with Gasteiger partial charge in [-0.05, 0) is 0 Å².